The summed E-state index contributed by atoms with van der Waals surface area (Å²) in [6, 6.07) is 0. The maximum Gasteiger partial charge on any atom is 0.138 e. The fraction of sp³-hybridized carbons (Fsp3) is 0.467. The van der Waals surface area contributed by atoms with Crippen LogP contribution in [0.25, 0.3) is 10.2 Å². The Kier molecular flexibility index (Phi) is 3.82. The van der Waals surface area contributed by atoms with Crippen molar-refractivity contribution in [2.45, 2.75) is 34.1 Å². The fourth-order valence-electron chi connectivity index (χ4n) is 2.45. The van der Waals surface area contributed by atoms with Gasteiger partial charge in [-0.05, 0) is 33.3 Å². The number of hydrogen-bond acceptors (Lipinski definition) is 6. The third-order valence-corrected chi connectivity index (χ3v) is 5.07. The fourth-order valence-corrected chi connectivity index (χ4v) is 3.52. The van der Waals surface area contributed by atoms with Gasteiger partial charge in [0.1, 0.15) is 28.1 Å². The molecule has 0 atom stereocenters. The molecule has 3 aromatic heterocycles. The van der Waals surface area contributed by atoms with Gasteiger partial charge in [-0.2, -0.15) is 0 Å². The Morgan fingerprint density at radius 2 is 1.86 bits per heavy atom. The minimum absolute atomic E-state index is 0.770. The average molecular weight is 316 g/mol. The van der Waals surface area contributed by atoms with E-state index < -0.39 is 0 Å². The van der Waals surface area contributed by atoms with E-state index in [0.29, 0.717) is 0 Å². The van der Waals surface area contributed by atoms with Crippen LogP contribution in [-0.2, 0) is 13.5 Å². The van der Waals surface area contributed by atoms with Gasteiger partial charge in [0.25, 0.3) is 0 Å². The van der Waals surface area contributed by atoms with Gasteiger partial charge in [0.2, 0.25) is 0 Å². The van der Waals surface area contributed by atoms with E-state index in [-0.39, 0.29) is 0 Å². The molecule has 0 radical (unpaired) electrons. The molecule has 0 aliphatic rings. The van der Waals surface area contributed by atoms with Crippen LogP contribution in [0.2, 0.25) is 0 Å². The molecule has 7 heteroatoms. The quantitative estimate of drug-likeness (QED) is 0.801. The van der Waals surface area contributed by atoms with E-state index in [9.17, 15) is 0 Å². The second kappa shape index (κ2) is 5.64. The van der Waals surface area contributed by atoms with E-state index in [1.807, 2.05) is 25.5 Å². The van der Waals surface area contributed by atoms with Crippen LogP contribution in [0.15, 0.2) is 0 Å². The molecule has 0 fully saturated rings. The van der Waals surface area contributed by atoms with E-state index >= 15 is 0 Å². The summed E-state index contributed by atoms with van der Waals surface area (Å²) >= 11 is 1.73. The topological polar surface area (TPSA) is 68.5 Å². The minimum atomic E-state index is 0.770. The number of nitrogens with one attached hydrogen (secondary N) is 1. The third-order valence-electron chi connectivity index (χ3n) is 3.96. The van der Waals surface area contributed by atoms with Gasteiger partial charge in [-0.15, -0.1) is 21.5 Å². The molecule has 0 saturated carbocycles. The van der Waals surface area contributed by atoms with Crippen LogP contribution >= 0.6 is 11.3 Å². The molecule has 0 spiro atoms. The number of aryl methyl sites for hydroxylation is 4. The van der Waals surface area contributed by atoms with Crippen molar-refractivity contribution >= 4 is 27.4 Å². The lowest BCUT2D eigenvalue weighted by Gasteiger charge is -2.08. The van der Waals surface area contributed by atoms with E-state index in [4.69, 9.17) is 0 Å². The molecule has 0 unspecified atom stereocenters. The van der Waals surface area contributed by atoms with Crippen molar-refractivity contribution < 1.29 is 0 Å². The van der Waals surface area contributed by atoms with Gasteiger partial charge < -0.3 is 9.88 Å². The van der Waals surface area contributed by atoms with Crippen molar-refractivity contribution in [3.8, 4) is 0 Å². The molecule has 3 aromatic rings. The Labute approximate surface area is 133 Å². The molecule has 3 heterocycles. The summed E-state index contributed by atoms with van der Waals surface area (Å²) in [7, 11) is 1.99. The Hall–Kier alpha value is -2.02. The Morgan fingerprint density at radius 1 is 1.09 bits per heavy atom. The zero-order valence-electron chi connectivity index (χ0n) is 13.6. The van der Waals surface area contributed by atoms with E-state index in [2.05, 4.69) is 39.3 Å². The van der Waals surface area contributed by atoms with Crippen molar-refractivity contribution in [1.29, 1.82) is 0 Å². The number of aromatic nitrogens is 5. The van der Waals surface area contributed by atoms with Crippen LogP contribution in [-0.4, -0.2) is 31.3 Å². The number of thiophene rings is 1. The maximum atomic E-state index is 4.58. The van der Waals surface area contributed by atoms with Crippen molar-refractivity contribution in [2.75, 3.05) is 11.9 Å². The van der Waals surface area contributed by atoms with Crippen molar-refractivity contribution in [1.82, 2.24) is 24.7 Å². The van der Waals surface area contributed by atoms with Crippen LogP contribution in [0.3, 0.4) is 0 Å². The zero-order chi connectivity index (χ0) is 15.9. The van der Waals surface area contributed by atoms with Gasteiger partial charge in [-0.25, -0.2) is 9.97 Å². The third kappa shape index (κ3) is 2.56. The summed E-state index contributed by atoms with van der Waals surface area (Å²) in [6.45, 7) is 8.92. The standard InChI is InChI=1S/C15H20N6S/c1-8-9(2)22-15-13(8)14(17-10(3)18-15)16-7-6-12-20-19-11(4)21(12)5/h6-7H2,1-5H3,(H,16,17,18). The molecule has 0 bridgehead atoms. The molecule has 0 amide bonds. The Morgan fingerprint density at radius 3 is 2.55 bits per heavy atom. The number of fused-ring (bicyclic) bond motifs is 1. The van der Waals surface area contributed by atoms with Crippen LogP contribution in [0.5, 0.6) is 0 Å². The van der Waals surface area contributed by atoms with E-state index in [1.165, 1.54) is 10.4 Å². The highest BCUT2D eigenvalue weighted by Gasteiger charge is 2.13. The summed E-state index contributed by atoms with van der Waals surface area (Å²) in [5.41, 5.74) is 1.26. The number of nitrogens with zero attached hydrogens (tertiary/aromatic N) is 5. The zero-order valence-corrected chi connectivity index (χ0v) is 14.4. The Balaban J connectivity index is 1.83. The first-order chi connectivity index (χ1) is 10.5. The van der Waals surface area contributed by atoms with Gasteiger partial charge in [0, 0.05) is 24.9 Å². The number of hydrogen-bond donors (Lipinski definition) is 1. The van der Waals surface area contributed by atoms with Crippen molar-refractivity contribution in [3.63, 3.8) is 0 Å². The van der Waals surface area contributed by atoms with Crippen LogP contribution in [0.1, 0.15) is 27.9 Å². The van der Waals surface area contributed by atoms with E-state index in [1.54, 1.807) is 11.3 Å². The van der Waals surface area contributed by atoms with Crippen LogP contribution in [0.4, 0.5) is 5.82 Å². The highest BCUT2D eigenvalue weighted by molar-refractivity contribution is 7.18. The molecular weight excluding hydrogens is 296 g/mol. The van der Waals surface area contributed by atoms with Crippen molar-refractivity contribution in [3.05, 3.63) is 27.9 Å². The van der Waals surface area contributed by atoms with Crippen LogP contribution < -0.4 is 5.32 Å². The molecule has 1 N–H and O–H groups in total. The first-order valence-corrected chi connectivity index (χ1v) is 8.12. The van der Waals surface area contributed by atoms with Gasteiger partial charge in [-0.1, -0.05) is 0 Å². The summed E-state index contributed by atoms with van der Waals surface area (Å²) < 4.78 is 2.02. The first-order valence-electron chi connectivity index (χ1n) is 7.30. The van der Waals surface area contributed by atoms with Gasteiger partial charge in [0.05, 0.1) is 5.39 Å². The smallest absolute Gasteiger partial charge is 0.138 e. The molecule has 0 aromatic carbocycles. The van der Waals surface area contributed by atoms with Crippen molar-refractivity contribution in [2.24, 2.45) is 7.05 Å². The van der Waals surface area contributed by atoms with Crippen LogP contribution in [0, 0.1) is 27.7 Å². The lowest BCUT2D eigenvalue weighted by Crippen LogP contribution is -2.11. The normalized spacial score (nSPS) is 11.3. The van der Waals surface area contributed by atoms with Gasteiger partial charge in [-0.3, -0.25) is 0 Å². The second-order valence-corrected chi connectivity index (χ2v) is 6.69. The first kappa shape index (κ1) is 14.9. The number of anilines is 1. The van der Waals surface area contributed by atoms with Gasteiger partial charge >= 0.3 is 0 Å². The van der Waals surface area contributed by atoms with E-state index in [0.717, 1.165) is 46.5 Å². The predicted molar refractivity (Wildman–Crippen MR) is 89.6 cm³/mol. The molecule has 22 heavy (non-hydrogen) atoms. The predicted octanol–water partition coefficient (Wildman–Crippen LogP) is 2.71. The largest absolute Gasteiger partial charge is 0.369 e. The Bertz CT molecular complexity index is 832. The lowest BCUT2D eigenvalue weighted by molar-refractivity contribution is 0.770. The molecule has 0 aliphatic heterocycles. The molecule has 0 aliphatic carbocycles. The SMILES string of the molecule is Cc1nc(NCCc2nnc(C)n2C)c2c(C)c(C)sc2n1. The maximum absolute atomic E-state index is 4.58. The summed E-state index contributed by atoms with van der Waals surface area (Å²) in [5.74, 6) is 3.62. The highest BCUT2D eigenvalue weighted by Crippen LogP contribution is 2.33. The average Bonchev–Trinajstić information content (AvgIpc) is 2.92. The van der Waals surface area contributed by atoms with Gasteiger partial charge in [0.15, 0.2) is 0 Å². The molecule has 0 saturated heterocycles. The summed E-state index contributed by atoms with van der Waals surface area (Å²) in [4.78, 5) is 11.5. The molecule has 116 valence electrons. The molecular formula is C15H20N6S. The summed E-state index contributed by atoms with van der Waals surface area (Å²) in [5, 5.41) is 12.9. The molecule has 6 nitrogen and oxygen atoms in total. The lowest BCUT2D eigenvalue weighted by atomic mass is 10.2. The monoisotopic (exact) mass is 316 g/mol. The second-order valence-electron chi connectivity index (χ2n) is 5.48. The molecule has 3 rings (SSSR count). The highest BCUT2D eigenvalue weighted by atomic mass is 32.1. The minimum Gasteiger partial charge on any atom is -0.369 e. The summed E-state index contributed by atoms with van der Waals surface area (Å²) in [6.07, 6.45) is 0.810. The number of rotatable bonds is 4.